The van der Waals surface area contributed by atoms with Crippen LogP contribution in [-0.4, -0.2) is 46.9 Å². The minimum absolute atomic E-state index is 0.188. The second-order valence-corrected chi connectivity index (χ2v) is 11.2. The Bertz CT molecular complexity index is 607. The van der Waals surface area contributed by atoms with Crippen LogP contribution in [0.5, 0.6) is 0 Å². The van der Waals surface area contributed by atoms with E-state index < -0.39 is 36.4 Å². The van der Waals surface area contributed by atoms with Crippen LogP contribution in [0.2, 0.25) is 0 Å². The smallest absolute Gasteiger partial charge is 0.336 e. The molecular weight excluding hydrogens is 496 g/mol. The molecule has 0 saturated carbocycles. The van der Waals surface area contributed by atoms with Gasteiger partial charge in [-0.2, -0.15) is 0 Å². The van der Waals surface area contributed by atoms with Crippen LogP contribution in [0.1, 0.15) is 168 Å². The van der Waals surface area contributed by atoms with Gasteiger partial charge in [0.15, 0.2) is 5.60 Å². The number of aliphatic hydroxyl groups is 1. The molecule has 0 bridgehead atoms. The van der Waals surface area contributed by atoms with E-state index >= 15 is 0 Å². The van der Waals surface area contributed by atoms with Crippen LogP contribution >= 0.6 is 0 Å². The molecule has 0 radical (unpaired) electrons. The zero-order valence-electron chi connectivity index (χ0n) is 25.3. The number of carbonyl (C=O) groups excluding carboxylic acids is 2. The van der Waals surface area contributed by atoms with Gasteiger partial charge in [-0.05, 0) is 12.8 Å². The number of esters is 2. The summed E-state index contributed by atoms with van der Waals surface area (Å²) in [5.74, 6) is -3.26. The first-order chi connectivity index (χ1) is 18.9. The van der Waals surface area contributed by atoms with E-state index in [2.05, 4.69) is 13.8 Å². The van der Waals surface area contributed by atoms with Gasteiger partial charge in [-0.25, -0.2) is 4.79 Å². The SMILES string of the molecule is CCCCCCCCCCCCCCCCOC(=O)CC(O)(CC(=O)OCCCCCCCCCC)C(=O)O. The maximum atomic E-state index is 12.1. The highest BCUT2D eigenvalue weighted by Crippen LogP contribution is 2.19. The summed E-state index contributed by atoms with van der Waals surface area (Å²) >= 11 is 0. The predicted octanol–water partition coefficient (Wildman–Crippen LogP) is 8.29. The summed E-state index contributed by atoms with van der Waals surface area (Å²) < 4.78 is 10.2. The summed E-state index contributed by atoms with van der Waals surface area (Å²) in [7, 11) is 0. The zero-order valence-corrected chi connectivity index (χ0v) is 25.3. The second kappa shape index (κ2) is 26.6. The Labute approximate surface area is 238 Å². The summed E-state index contributed by atoms with van der Waals surface area (Å²) in [6.07, 6.45) is 24.5. The van der Waals surface area contributed by atoms with Gasteiger partial charge in [-0.3, -0.25) is 9.59 Å². The number of rotatable bonds is 29. The molecule has 0 aliphatic rings. The van der Waals surface area contributed by atoms with E-state index in [9.17, 15) is 24.6 Å². The van der Waals surface area contributed by atoms with E-state index in [1.54, 1.807) is 0 Å². The van der Waals surface area contributed by atoms with Crippen molar-refractivity contribution in [2.75, 3.05) is 13.2 Å². The molecule has 230 valence electrons. The minimum atomic E-state index is -2.51. The van der Waals surface area contributed by atoms with Crippen molar-refractivity contribution >= 4 is 17.9 Å². The molecular formula is C32H60O7. The first-order valence-electron chi connectivity index (χ1n) is 16.1. The van der Waals surface area contributed by atoms with Gasteiger partial charge < -0.3 is 19.7 Å². The van der Waals surface area contributed by atoms with Crippen molar-refractivity contribution in [2.45, 2.75) is 174 Å². The highest BCUT2D eigenvalue weighted by atomic mass is 16.5. The summed E-state index contributed by atoms with van der Waals surface area (Å²) in [6, 6.07) is 0. The number of aliphatic carboxylic acids is 1. The molecule has 0 aromatic heterocycles. The molecule has 0 fully saturated rings. The Morgan fingerprint density at radius 2 is 0.744 bits per heavy atom. The maximum Gasteiger partial charge on any atom is 0.336 e. The van der Waals surface area contributed by atoms with Gasteiger partial charge in [0.05, 0.1) is 26.1 Å². The molecule has 0 heterocycles. The first-order valence-corrected chi connectivity index (χ1v) is 16.1. The van der Waals surface area contributed by atoms with Crippen LogP contribution in [0.25, 0.3) is 0 Å². The Balaban J connectivity index is 3.83. The molecule has 0 aliphatic heterocycles. The van der Waals surface area contributed by atoms with Gasteiger partial charge in [-0.15, -0.1) is 0 Å². The van der Waals surface area contributed by atoms with Gasteiger partial charge in [0, 0.05) is 0 Å². The average Bonchev–Trinajstić information content (AvgIpc) is 2.89. The third kappa shape index (κ3) is 23.9. The molecule has 1 unspecified atom stereocenters. The van der Waals surface area contributed by atoms with E-state index in [1.807, 2.05) is 0 Å². The molecule has 7 nitrogen and oxygen atoms in total. The molecule has 0 amide bonds. The number of hydrogen-bond acceptors (Lipinski definition) is 6. The van der Waals surface area contributed by atoms with Gasteiger partial charge >= 0.3 is 17.9 Å². The van der Waals surface area contributed by atoms with Crippen LogP contribution < -0.4 is 0 Å². The lowest BCUT2D eigenvalue weighted by atomic mass is 9.96. The Kier molecular flexibility index (Phi) is 25.5. The molecule has 2 N–H and O–H groups in total. The van der Waals surface area contributed by atoms with Crippen LogP contribution in [0.4, 0.5) is 0 Å². The maximum absolute atomic E-state index is 12.1. The lowest BCUT2D eigenvalue weighted by Crippen LogP contribution is -2.43. The van der Waals surface area contributed by atoms with Gasteiger partial charge in [0.1, 0.15) is 0 Å². The number of hydrogen-bond donors (Lipinski definition) is 2. The fourth-order valence-electron chi connectivity index (χ4n) is 4.70. The average molecular weight is 557 g/mol. The Hall–Kier alpha value is -1.63. The largest absolute Gasteiger partial charge is 0.479 e. The van der Waals surface area contributed by atoms with Crippen molar-refractivity contribution in [2.24, 2.45) is 0 Å². The van der Waals surface area contributed by atoms with Crippen molar-refractivity contribution in [3.63, 3.8) is 0 Å². The molecule has 0 saturated heterocycles. The van der Waals surface area contributed by atoms with E-state index in [0.29, 0.717) is 12.8 Å². The summed E-state index contributed by atoms with van der Waals surface area (Å²) in [4.78, 5) is 35.7. The number of carbonyl (C=O) groups is 3. The second-order valence-electron chi connectivity index (χ2n) is 11.2. The fourth-order valence-corrected chi connectivity index (χ4v) is 4.70. The van der Waals surface area contributed by atoms with Crippen molar-refractivity contribution in [3.8, 4) is 0 Å². The molecule has 0 aromatic carbocycles. The Morgan fingerprint density at radius 3 is 1.00 bits per heavy atom. The van der Waals surface area contributed by atoms with Gasteiger partial charge in [0.2, 0.25) is 0 Å². The molecule has 0 rings (SSSR count). The van der Waals surface area contributed by atoms with Gasteiger partial charge in [0.25, 0.3) is 0 Å². The minimum Gasteiger partial charge on any atom is -0.479 e. The lowest BCUT2D eigenvalue weighted by Gasteiger charge is -2.21. The number of unbranched alkanes of at least 4 members (excludes halogenated alkanes) is 20. The summed E-state index contributed by atoms with van der Waals surface area (Å²) in [6.45, 7) is 4.81. The molecule has 0 aromatic rings. The molecule has 0 spiro atoms. The quantitative estimate of drug-likeness (QED) is 0.0704. The van der Waals surface area contributed by atoms with E-state index in [4.69, 9.17) is 9.47 Å². The topological polar surface area (TPSA) is 110 Å². The van der Waals surface area contributed by atoms with E-state index in [1.165, 1.54) is 96.3 Å². The third-order valence-corrected chi connectivity index (χ3v) is 7.29. The molecule has 39 heavy (non-hydrogen) atoms. The monoisotopic (exact) mass is 556 g/mol. The lowest BCUT2D eigenvalue weighted by molar-refractivity contribution is -0.173. The number of carboxylic acids is 1. The summed E-state index contributed by atoms with van der Waals surface area (Å²) in [5, 5.41) is 19.8. The standard InChI is InChI=1S/C32H60O7/c1-3-5-7-9-11-13-14-15-16-17-18-20-22-24-26-39-30(34)28-32(37,31(35)36)27-29(33)38-25-23-21-19-12-10-8-6-4-2/h37H,3-28H2,1-2H3,(H,35,36). The molecule has 7 heteroatoms. The van der Waals surface area contributed by atoms with Crippen LogP contribution in [0.15, 0.2) is 0 Å². The van der Waals surface area contributed by atoms with Crippen LogP contribution in [0.3, 0.4) is 0 Å². The van der Waals surface area contributed by atoms with Gasteiger partial charge in [-0.1, -0.05) is 142 Å². The third-order valence-electron chi connectivity index (χ3n) is 7.29. The molecule has 1 atom stereocenters. The number of carboxylic acid groups (broad SMARTS) is 1. The molecule has 0 aliphatic carbocycles. The summed E-state index contributed by atoms with van der Waals surface area (Å²) in [5.41, 5.74) is -2.51. The van der Waals surface area contributed by atoms with Crippen LogP contribution in [0, 0.1) is 0 Å². The number of ether oxygens (including phenoxy) is 2. The van der Waals surface area contributed by atoms with E-state index in [0.717, 1.165) is 32.1 Å². The van der Waals surface area contributed by atoms with Crippen molar-refractivity contribution in [1.82, 2.24) is 0 Å². The first kappa shape index (κ1) is 37.4. The van der Waals surface area contributed by atoms with Crippen LogP contribution in [-0.2, 0) is 23.9 Å². The van der Waals surface area contributed by atoms with E-state index in [-0.39, 0.29) is 13.2 Å². The predicted molar refractivity (Wildman–Crippen MR) is 157 cm³/mol. The van der Waals surface area contributed by atoms with Crippen molar-refractivity contribution < 1.29 is 34.1 Å². The fraction of sp³-hybridized carbons (Fsp3) is 0.906. The normalized spacial score (nSPS) is 12.7. The Morgan fingerprint density at radius 1 is 0.487 bits per heavy atom. The highest BCUT2D eigenvalue weighted by molar-refractivity contribution is 5.89. The van der Waals surface area contributed by atoms with Crippen molar-refractivity contribution in [3.05, 3.63) is 0 Å². The van der Waals surface area contributed by atoms with Crippen molar-refractivity contribution in [1.29, 1.82) is 0 Å². The highest BCUT2D eigenvalue weighted by Gasteiger charge is 2.42. The zero-order chi connectivity index (χ0) is 29.0.